The number of alkyl halides is 1. The van der Waals surface area contributed by atoms with Crippen LogP contribution in [0, 0.1) is 0 Å². The van der Waals surface area contributed by atoms with Crippen LogP contribution >= 0.6 is 59.4 Å². The van der Waals surface area contributed by atoms with Crippen molar-refractivity contribution in [1.82, 2.24) is 29.9 Å². The fourth-order valence-corrected chi connectivity index (χ4v) is 11.4. The van der Waals surface area contributed by atoms with Crippen LogP contribution in [0.1, 0.15) is 125 Å². The summed E-state index contributed by atoms with van der Waals surface area (Å²) in [4.78, 5) is 71.9. The maximum atomic E-state index is 13.4. The summed E-state index contributed by atoms with van der Waals surface area (Å²) in [5.74, 6) is 2.30. The van der Waals surface area contributed by atoms with E-state index in [0.717, 1.165) is 81.3 Å². The lowest BCUT2D eigenvalue weighted by Gasteiger charge is -2.33. The summed E-state index contributed by atoms with van der Waals surface area (Å²) in [5.41, 5.74) is 6.85. The normalized spacial score (nSPS) is 19.0. The molecule has 17 heteroatoms. The lowest BCUT2D eigenvalue weighted by Crippen LogP contribution is -2.49. The van der Waals surface area contributed by atoms with Crippen molar-refractivity contribution >= 4 is 94.6 Å². The van der Waals surface area contributed by atoms with E-state index < -0.39 is 5.41 Å². The highest BCUT2D eigenvalue weighted by molar-refractivity contribution is 9.11. The largest absolute Gasteiger partial charge is 0.392 e. The minimum absolute atomic E-state index is 0.0322. The van der Waals surface area contributed by atoms with Gasteiger partial charge in [-0.05, 0) is 164 Å². The number of anilines is 3. The number of fused-ring (bicyclic) bond motifs is 5. The number of carbonyl (C=O) groups excluding carboxylic acids is 3. The van der Waals surface area contributed by atoms with Gasteiger partial charge in [0.2, 0.25) is 17.7 Å². The van der Waals surface area contributed by atoms with Crippen LogP contribution in [-0.2, 0) is 58.0 Å². The number of aliphatic hydroxyl groups excluding tert-OH is 1. The first-order valence-electron chi connectivity index (χ1n) is 23.4. The van der Waals surface area contributed by atoms with Crippen molar-refractivity contribution in [1.29, 1.82) is 0 Å². The van der Waals surface area contributed by atoms with E-state index in [2.05, 4.69) is 105 Å². The number of nitrogens with zero attached hydrogens (tertiary/aromatic N) is 9. The number of hydrogen-bond donors (Lipinski definition) is 1. The molecular weight excluding hydrogens is 1110 g/mol. The van der Waals surface area contributed by atoms with E-state index in [4.69, 9.17) is 11.6 Å². The molecule has 71 heavy (non-hydrogen) atoms. The van der Waals surface area contributed by atoms with Gasteiger partial charge in [0.25, 0.3) is 0 Å². The fraction of sp³-hybridized carbons (Fsp3) is 0.389. The second-order valence-electron chi connectivity index (χ2n) is 21.2. The Hall–Kier alpha value is -5.00. The van der Waals surface area contributed by atoms with Crippen LogP contribution in [-0.4, -0.2) is 69.3 Å². The number of aromatic nitrogens is 6. The Bertz CT molecular complexity index is 2910. The van der Waals surface area contributed by atoms with Crippen molar-refractivity contribution in [2.24, 2.45) is 0 Å². The fourth-order valence-electron chi connectivity index (χ4n) is 10.1. The Morgan fingerprint density at radius 3 is 1.55 bits per heavy atom. The van der Waals surface area contributed by atoms with Gasteiger partial charge in [-0.2, -0.15) is 0 Å². The third-order valence-electron chi connectivity index (χ3n) is 13.1. The summed E-state index contributed by atoms with van der Waals surface area (Å²) < 4.78 is 2.65. The molecule has 0 saturated heterocycles. The Labute approximate surface area is 445 Å². The first-order chi connectivity index (χ1) is 33.5. The lowest BCUT2D eigenvalue weighted by atomic mass is 9.79. The minimum Gasteiger partial charge on any atom is -0.392 e. The predicted molar refractivity (Wildman–Crippen MR) is 288 cm³/mol. The molecule has 10 rings (SSSR count). The molecule has 1 spiro atoms. The number of aliphatic hydroxyl groups is 1. The monoisotopic (exact) mass is 1170 g/mol. The Morgan fingerprint density at radius 1 is 0.606 bits per heavy atom. The van der Waals surface area contributed by atoms with E-state index in [1.54, 1.807) is 40.8 Å². The second-order valence-corrected chi connectivity index (χ2v) is 24.2. The maximum Gasteiger partial charge on any atom is 0.240 e. The average molecular weight is 1170 g/mol. The molecule has 3 aliphatic heterocycles. The number of hydrogen-bond acceptors (Lipinski definition) is 10. The van der Waals surface area contributed by atoms with E-state index in [-0.39, 0.29) is 52.8 Å². The van der Waals surface area contributed by atoms with E-state index in [9.17, 15) is 19.5 Å². The van der Waals surface area contributed by atoms with Gasteiger partial charge in [0, 0.05) is 132 Å². The molecule has 13 nitrogen and oxygen atoms in total. The molecule has 3 atom stereocenters. The standard InChI is InChI=1S/C18H19BrClN3O.C18H20BrN3O2.C18H18BrN3O/c1-18(2,3)23-16-13(5-4-6-21-16)14(17(23)24)8-15-11(9-20)7-12(19)10-22-15;1-18(2,3)22-16-13(5-4-6-20-16)14(17(22)24)8-15-11(10-23)7-12(19)9-21-15;1-17(2,3)22-15-13(5-4-6-20-15)18(16(22)23)8-11-7-12(19)10-21-14(11)9-18/h4-7,10,14H,8-9H2,1-3H3;4-7,9,14,23H,8,10H2,1-3H3;4-7,10H,8-9H2,1-3H3. The smallest absolute Gasteiger partial charge is 0.240 e. The van der Waals surface area contributed by atoms with Crippen LogP contribution < -0.4 is 14.7 Å². The first kappa shape index (κ1) is 52.3. The van der Waals surface area contributed by atoms with Gasteiger partial charge in [-0.1, -0.05) is 18.2 Å². The van der Waals surface area contributed by atoms with E-state index >= 15 is 0 Å². The van der Waals surface area contributed by atoms with Gasteiger partial charge in [0.05, 0.1) is 23.9 Å². The topological polar surface area (TPSA) is 158 Å². The van der Waals surface area contributed by atoms with E-state index in [1.807, 2.05) is 101 Å². The quantitative estimate of drug-likeness (QED) is 0.159. The zero-order chi connectivity index (χ0) is 51.4. The molecule has 1 N–H and O–H groups in total. The van der Waals surface area contributed by atoms with Gasteiger partial charge in [0.15, 0.2) is 0 Å². The van der Waals surface area contributed by atoms with Crippen LogP contribution in [0.15, 0.2) is 105 Å². The van der Waals surface area contributed by atoms with Crippen molar-refractivity contribution in [3.8, 4) is 0 Å². The molecule has 9 heterocycles. The molecular formula is C54H57Br3ClN9O4. The summed E-state index contributed by atoms with van der Waals surface area (Å²) in [6, 6.07) is 17.5. The number of halogens is 4. The zero-order valence-corrected chi connectivity index (χ0v) is 46.8. The van der Waals surface area contributed by atoms with Crippen LogP contribution in [0.5, 0.6) is 0 Å². The van der Waals surface area contributed by atoms with Crippen LogP contribution in [0.25, 0.3) is 0 Å². The van der Waals surface area contributed by atoms with Gasteiger partial charge in [-0.3, -0.25) is 44.0 Å². The molecule has 0 fully saturated rings. The molecule has 0 bridgehead atoms. The third kappa shape index (κ3) is 10.2. The average Bonchev–Trinajstić information content (AvgIpc) is 4.00. The van der Waals surface area contributed by atoms with E-state index in [0.29, 0.717) is 31.6 Å². The molecule has 0 radical (unpaired) electrons. The third-order valence-corrected chi connectivity index (χ3v) is 14.7. The van der Waals surface area contributed by atoms with Gasteiger partial charge in [-0.15, -0.1) is 11.6 Å². The molecule has 0 saturated carbocycles. The highest BCUT2D eigenvalue weighted by atomic mass is 79.9. The molecule has 6 aromatic heterocycles. The summed E-state index contributed by atoms with van der Waals surface area (Å²) in [5, 5.41) is 9.59. The molecule has 3 amide bonds. The van der Waals surface area contributed by atoms with Crippen molar-refractivity contribution in [3.63, 3.8) is 0 Å². The summed E-state index contributed by atoms with van der Waals surface area (Å²) in [6.45, 7) is 18.1. The van der Waals surface area contributed by atoms with E-state index in [1.165, 1.54) is 0 Å². The van der Waals surface area contributed by atoms with Gasteiger partial charge < -0.3 is 5.11 Å². The Morgan fingerprint density at radius 2 is 1.06 bits per heavy atom. The van der Waals surface area contributed by atoms with Crippen molar-refractivity contribution < 1.29 is 19.5 Å². The zero-order valence-electron chi connectivity index (χ0n) is 41.3. The van der Waals surface area contributed by atoms with Gasteiger partial charge >= 0.3 is 0 Å². The number of pyridine rings is 6. The molecule has 0 aromatic carbocycles. The Balaban J connectivity index is 0.000000143. The lowest BCUT2D eigenvalue weighted by molar-refractivity contribution is -0.124. The van der Waals surface area contributed by atoms with Crippen molar-refractivity contribution in [2.75, 3.05) is 14.7 Å². The van der Waals surface area contributed by atoms with Gasteiger partial charge in [-0.25, -0.2) is 15.0 Å². The molecule has 1 aliphatic carbocycles. The number of carbonyl (C=O) groups is 3. The Kier molecular flexibility index (Phi) is 14.8. The predicted octanol–water partition coefficient (Wildman–Crippen LogP) is 11.1. The van der Waals surface area contributed by atoms with Crippen LogP contribution in [0.4, 0.5) is 17.5 Å². The second kappa shape index (κ2) is 20.1. The summed E-state index contributed by atoms with van der Waals surface area (Å²) in [6.07, 6.45) is 12.8. The van der Waals surface area contributed by atoms with Crippen molar-refractivity contribution in [2.45, 2.75) is 134 Å². The first-order valence-corrected chi connectivity index (χ1v) is 26.3. The van der Waals surface area contributed by atoms with Crippen LogP contribution in [0.3, 0.4) is 0 Å². The highest BCUT2D eigenvalue weighted by Crippen LogP contribution is 2.51. The maximum absolute atomic E-state index is 13.4. The molecule has 6 aromatic rings. The van der Waals surface area contributed by atoms with Crippen molar-refractivity contribution in [3.05, 3.63) is 156 Å². The molecule has 370 valence electrons. The number of amides is 3. The SMILES string of the molecule is CC(C)(C)N1C(=O)C(Cc2ncc(Br)cc2CCl)c2cccnc21.CC(C)(C)N1C(=O)C(Cc2ncc(Br)cc2CO)c2cccnc21.CC(C)(C)N1C(=O)C2(Cc3cc(Br)cnc3C2)c2cccnc21. The summed E-state index contributed by atoms with van der Waals surface area (Å²) >= 11 is 16.3. The van der Waals surface area contributed by atoms with Gasteiger partial charge in [0.1, 0.15) is 17.5 Å². The minimum atomic E-state index is -0.549. The summed E-state index contributed by atoms with van der Waals surface area (Å²) in [7, 11) is 0. The molecule has 4 aliphatic rings. The number of rotatable bonds is 6. The highest BCUT2D eigenvalue weighted by Gasteiger charge is 2.57. The van der Waals surface area contributed by atoms with Crippen LogP contribution in [0.2, 0.25) is 0 Å². The molecule has 3 unspecified atom stereocenters.